The molecule has 1 saturated heterocycles. The number of hydrogen-bond donors (Lipinski definition) is 1. The summed E-state index contributed by atoms with van der Waals surface area (Å²) in [7, 11) is 0. The third-order valence-electron chi connectivity index (χ3n) is 5.73. The van der Waals surface area contributed by atoms with Gasteiger partial charge in [-0.3, -0.25) is 19.5 Å². The number of amides is 1. The van der Waals surface area contributed by atoms with Crippen LogP contribution in [0.1, 0.15) is 31.3 Å². The molecule has 1 N–H and O–H groups in total. The summed E-state index contributed by atoms with van der Waals surface area (Å²) >= 11 is 0. The fraction of sp³-hybridized carbons (Fsp3) is 0.524. The Morgan fingerprint density at radius 2 is 2.10 bits per heavy atom. The van der Waals surface area contributed by atoms with E-state index in [2.05, 4.69) is 20.2 Å². The number of anilines is 1. The van der Waals surface area contributed by atoms with Crippen LogP contribution in [-0.2, 0) is 31.2 Å². The summed E-state index contributed by atoms with van der Waals surface area (Å²) in [5.74, 6) is 0.433. The van der Waals surface area contributed by atoms with E-state index in [1.165, 1.54) is 0 Å². The van der Waals surface area contributed by atoms with Gasteiger partial charge in [0.2, 0.25) is 0 Å². The second-order valence-electron chi connectivity index (χ2n) is 7.71. The van der Waals surface area contributed by atoms with Gasteiger partial charge in [-0.15, -0.1) is 0 Å². The van der Waals surface area contributed by atoms with Gasteiger partial charge in [-0.2, -0.15) is 0 Å². The van der Waals surface area contributed by atoms with E-state index in [9.17, 15) is 9.59 Å². The molecule has 2 aromatic heterocycles. The van der Waals surface area contributed by atoms with Crippen LogP contribution >= 0.6 is 0 Å². The molecule has 4 rings (SSSR count). The number of pyridine rings is 1. The number of carbonyl (C=O) groups is 2. The first kappa shape index (κ1) is 20.5. The van der Waals surface area contributed by atoms with Crippen molar-refractivity contribution >= 4 is 17.6 Å². The molecule has 160 valence electrons. The Labute approximate surface area is 175 Å². The summed E-state index contributed by atoms with van der Waals surface area (Å²) in [6, 6.07) is 3.62. The average Bonchev–Trinajstić information content (AvgIpc) is 3.21. The van der Waals surface area contributed by atoms with Gasteiger partial charge in [-0.25, -0.2) is 4.98 Å². The molecule has 1 atom stereocenters. The van der Waals surface area contributed by atoms with Gasteiger partial charge in [0.1, 0.15) is 11.4 Å². The Morgan fingerprint density at radius 1 is 1.30 bits per heavy atom. The van der Waals surface area contributed by atoms with Crippen molar-refractivity contribution in [3.63, 3.8) is 0 Å². The third-order valence-corrected chi connectivity index (χ3v) is 5.73. The molecule has 0 bridgehead atoms. The van der Waals surface area contributed by atoms with Crippen LogP contribution in [0, 0.1) is 6.92 Å². The molecule has 2 aliphatic heterocycles. The molecule has 9 nitrogen and oxygen atoms in total. The molecule has 30 heavy (non-hydrogen) atoms. The molecule has 9 heteroatoms. The van der Waals surface area contributed by atoms with E-state index in [1.807, 2.05) is 23.8 Å². The van der Waals surface area contributed by atoms with Crippen molar-refractivity contribution in [2.24, 2.45) is 0 Å². The third kappa shape index (κ3) is 4.08. The Balaban J connectivity index is 1.47. The molecule has 0 aliphatic carbocycles. The zero-order valence-electron chi connectivity index (χ0n) is 17.3. The average molecular weight is 413 g/mol. The molecule has 0 unspecified atom stereocenters. The van der Waals surface area contributed by atoms with Gasteiger partial charge >= 0.3 is 5.97 Å². The van der Waals surface area contributed by atoms with Crippen molar-refractivity contribution in [1.29, 1.82) is 0 Å². The minimum absolute atomic E-state index is 0.196. The fourth-order valence-corrected chi connectivity index (χ4v) is 4.17. The van der Waals surface area contributed by atoms with E-state index in [-0.39, 0.29) is 18.4 Å². The van der Waals surface area contributed by atoms with Crippen LogP contribution < -0.4 is 5.32 Å². The lowest BCUT2D eigenvalue weighted by Gasteiger charge is -2.45. The van der Waals surface area contributed by atoms with Gasteiger partial charge < -0.3 is 19.4 Å². The van der Waals surface area contributed by atoms with Gasteiger partial charge in [0.25, 0.3) is 5.91 Å². The lowest BCUT2D eigenvalue weighted by molar-refractivity contribution is -0.171. The van der Waals surface area contributed by atoms with Crippen LogP contribution in [-0.4, -0.2) is 63.7 Å². The maximum absolute atomic E-state index is 13.0. The van der Waals surface area contributed by atoms with E-state index < -0.39 is 11.7 Å². The molecule has 2 aliphatic rings. The van der Waals surface area contributed by atoms with Crippen molar-refractivity contribution in [2.75, 3.05) is 31.6 Å². The van der Waals surface area contributed by atoms with E-state index in [4.69, 9.17) is 9.47 Å². The fourth-order valence-electron chi connectivity index (χ4n) is 4.17. The largest absolute Gasteiger partial charge is 0.465 e. The minimum Gasteiger partial charge on any atom is -0.465 e. The van der Waals surface area contributed by atoms with Gasteiger partial charge in [0, 0.05) is 31.7 Å². The number of fused-ring (bicyclic) bond motifs is 2. The topological polar surface area (TPSA) is 98.6 Å². The van der Waals surface area contributed by atoms with Gasteiger partial charge in [0.15, 0.2) is 6.10 Å². The van der Waals surface area contributed by atoms with E-state index in [1.54, 1.807) is 25.4 Å². The number of rotatable bonds is 5. The van der Waals surface area contributed by atoms with Crippen LogP contribution in [0.4, 0.5) is 5.69 Å². The molecule has 1 spiro atoms. The van der Waals surface area contributed by atoms with Crippen LogP contribution in [0.2, 0.25) is 0 Å². The van der Waals surface area contributed by atoms with Crippen molar-refractivity contribution in [3.05, 3.63) is 42.2 Å². The lowest BCUT2D eigenvalue weighted by atomic mass is 9.88. The zero-order valence-corrected chi connectivity index (χ0v) is 17.3. The summed E-state index contributed by atoms with van der Waals surface area (Å²) in [6.45, 7) is 6.05. The number of nitrogens with one attached hydrogen (secondary N) is 1. The summed E-state index contributed by atoms with van der Waals surface area (Å²) in [4.78, 5) is 35.6. The maximum atomic E-state index is 13.0. The molecule has 1 fully saturated rings. The Morgan fingerprint density at radius 3 is 2.83 bits per heavy atom. The SMILES string of the molecule is CCOC(=O)CN1CCC2(CC1)O[C@@H](C(=O)Nc1cccnc1C)Cn1ccnc12. The lowest BCUT2D eigenvalue weighted by Crippen LogP contribution is -2.53. The number of likely N-dealkylation sites (tertiary alicyclic amines) is 1. The van der Waals surface area contributed by atoms with E-state index in [0.717, 1.165) is 11.5 Å². The smallest absolute Gasteiger partial charge is 0.320 e. The number of piperidine rings is 1. The monoisotopic (exact) mass is 413 g/mol. The summed E-state index contributed by atoms with van der Waals surface area (Å²) in [5, 5.41) is 2.94. The molecular formula is C21H27N5O4. The number of nitrogens with zero attached hydrogens (tertiary/aromatic N) is 4. The highest BCUT2D eigenvalue weighted by Gasteiger charge is 2.47. The van der Waals surface area contributed by atoms with E-state index in [0.29, 0.717) is 44.8 Å². The Kier molecular flexibility index (Phi) is 5.83. The first-order valence-corrected chi connectivity index (χ1v) is 10.3. The van der Waals surface area contributed by atoms with Crippen molar-refractivity contribution in [2.45, 2.75) is 44.9 Å². The minimum atomic E-state index is -0.640. The second kappa shape index (κ2) is 8.53. The quantitative estimate of drug-likeness (QED) is 0.741. The zero-order chi connectivity index (χ0) is 21.1. The number of esters is 1. The number of imidazole rings is 1. The highest BCUT2D eigenvalue weighted by atomic mass is 16.5. The van der Waals surface area contributed by atoms with E-state index >= 15 is 0 Å². The molecule has 2 aromatic rings. The van der Waals surface area contributed by atoms with Crippen molar-refractivity contribution < 1.29 is 19.1 Å². The van der Waals surface area contributed by atoms with Crippen LogP contribution in [0.5, 0.6) is 0 Å². The maximum Gasteiger partial charge on any atom is 0.320 e. The number of hydrogen-bond acceptors (Lipinski definition) is 7. The first-order valence-electron chi connectivity index (χ1n) is 10.3. The second-order valence-corrected chi connectivity index (χ2v) is 7.71. The predicted molar refractivity (Wildman–Crippen MR) is 109 cm³/mol. The summed E-state index contributed by atoms with van der Waals surface area (Å²) < 4.78 is 13.5. The highest BCUT2D eigenvalue weighted by Crippen LogP contribution is 2.40. The summed E-state index contributed by atoms with van der Waals surface area (Å²) in [6.07, 6.45) is 6.00. The first-order chi connectivity index (χ1) is 14.5. The predicted octanol–water partition coefficient (Wildman–Crippen LogP) is 1.48. The molecule has 0 radical (unpaired) electrons. The molecule has 0 aromatic carbocycles. The highest BCUT2D eigenvalue weighted by molar-refractivity contribution is 5.94. The van der Waals surface area contributed by atoms with Gasteiger partial charge in [0.05, 0.1) is 31.1 Å². The van der Waals surface area contributed by atoms with Gasteiger partial charge in [-0.1, -0.05) is 0 Å². The molecule has 4 heterocycles. The van der Waals surface area contributed by atoms with Gasteiger partial charge in [-0.05, 0) is 38.8 Å². The standard InChI is InChI=1S/C21H27N5O4/c1-3-29-18(27)14-25-10-6-21(7-11-25)20-23-9-12-26(20)13-17(30-21)19(28)24-16-5-4-8-22-15(16)2/h4-5,8-9,12,17H,3,6-7,10-11,13-14H2,1-2H3,(H,24,28)/t17-/m1/s1. The van der Waals surface area contributed by atoms with Crippen LogP contribution in [0.25, 0.3) is 0 Å². The number of aromatic nitrogens is 3. The molecule has 1 amide bonds. The number of ether oxygens (including phenoxy) is 2. The van der Waals surface area contributed by atoms with Crippen LogP contribution in [0.3, 0.4) is 0 Å². The summed E-state index contributed by atoms with van der Waals surface area (Å²) in [5.41, 5.74) is 0.798. The normalized spacial score (nSPS) is 20.5. The van der Waals surface area contributed by atoms with Crippen molar-refractivity contribution in [3.8, 4) is 0 Å². The van der Waals surface area contributed by atoms with Crippen LogP contribution in [0.15, 0.2) is 30.7 Å². The Bertz CT molecular complexity index is 920. The number of carbonyl (C=O) groups excluding carboxylic acids is 2. The molecule has 0 saturated carbocycles. The van der Waals surface area contributed by atoms with Crippen molar-refractivity contribution in [1.82, 2.24) is 19.4 Å². The Hall–Kier alpha value is -2.78. The number of aryl methyl sites for hydroxylation is 1. The molecular weight excluding hydrogens is 386 g/mol.